The highest BCUT2D eigenvalue weighted by Gasteiger charge is 2.36. The summed E-state index contributed by atoms with van der Waals surface area (Å²) in [6.07, 6.45) is 1.46. The molecule has 0 aliphatic carbocycles. The number of nitrogens with zero attached hydrogens (tertiary/aromatic N) is 1. The molecule has 1 aromatic heterocycles. The van der Waals surface area contributed by atoms with Crippen molar-refractivity contribution in [2.75, 3.05) is 17.7 Å². The minimum Gasteiger partial charge on any atom is -0.458 e. The molecule has 2 N–H and O–H groups in total. The van der Waals surface area contributed by atoms with Gasteiger partial charge in [0.2, 0.25) is 0 Å². The van der Waals surface area contributed by atoms with Gasteiger partial charge in [-0.2, -0.15) is 0 Å². The minimum absolute atomic E-state index is 0.0255. The first-order chi connectivity index (χ1) is 14.3. The van der Waals surface area contributed by atoms with Gasteiger partial charge in [-0.15, -0.1) is 0 Å². The van der Waals surface area contributed by atoms with Crippen LogP contribution in [-0.4, -0.2) is 28.3 Å². The Labute approximate surface area is 178 Å². The van der Waals surface area contributed by atoms with Gasteiger partial charge in [-0.1, -0.05) is 50.4 Å². The largest absolute Gasteiger partial charge is 0.458 e. The van der Waals surface area contributed by atoms with Crippen LogP contribution in [0.5, 0.6) is 0 Å². The number of esters is 1. The maximum absolute atomic E-state index is 14.0. The van der Waals surface area contributed by atoms with Crippen LogP contribution >= 0.6 is 11.8 Å². The van der Waals surface area contributed by atoms with Crippen LogP contribution in [0.25, 0.3) is 0 Å². The third-order valence-corrected chi connectivity index (χ3v) is 5.81. The van der Waals surface area contributed by atoms with Gasteiger partial charge in [0.05, 0.1) is 17.1 Å². The lowest BCUT2D eigenvalue weighted by Crippen LogP contribution is -2.31. The molecule has 2 aromatic rings. The number of rotatable bonds is 7. The summed E-state index contributed by atoms with van der Waals surface area (Å²) in [5.41, 5.74) is 1.09. The van der Waals surface area contributed by atoms with E-state index in [0.717, 1.165) is 5.75 Å². The molecule has 0 amide bonds. The molecule has 0 saturated carbocycles. The van der Waals surface area contributed by atoms with Crippen molar-refractivity contribution in [3.63, 3.8) is 0 Å². The van der Waals surface area contributed by atoms with E-state index in [1.165, 1.54) is 30.0 Å². The molecule has 0 bridgehead atoms. The molecule has 3 rings (SSSR count). The van der Waals surface area contributed by atoms with Crippen molar-refractivity contribution in [2.45, 2.75) is 31.8 Å². The van der Waals surface area contributed by atoms with E-state index in [0.29, 0.717) is 28.2 Å². The summed E-state index contributed by atoms with van der Waals surface area (Å²) in [4.78, 5) is 33.2. The molecular formula is C22H24FN3O3S. The molecule has 0 unspecified atom stereocenters. The zero-order chi connectivity index (χ0) is 21.8. The van der Waals surface area contributed by atoms with E-state index in [1.807, 2.05) is 0 Å². The number of hydrogen-bond acceptors (Lipinski definition) is 6. The summed E-state index contributed by atoms with van der Waals surface area (Å²) in [5, 5.41) is 3.55. The van der Waals surface area contributed by atoms with Gasteiger partial charge in [-0.05, 0) is 30.5 Å². The molecule has 6 nitrogen and oxygen atoms in total. The fourth-order valence-electron chi connectivity index (χ4n) is 3.25. The van der Waals surface area contributed by atoms with E-state index < -0.39 is 17.7 Å². The molecule has 158 valence electrons. The first-order valence-corrected chi connectivity index (χ1v) is 10.6. The average molecular weight is 430 g/mol. The molecule has 30 heavy (non-hydrogen) atoms. The Kier molecular flexibility index (Phi) is 6.77. The summed E-state index contributed by atoms with van der Waals surface area (Å²) in [5.74, 6) is -0.290. The average Bonchev–Trinajstić information content (AvgIpc) is 2.69. The van der Waals surface area contributed by atoms with Crippen molar-refractivity contribution in [1.82, 2.24) is 9.97 Å². The van der Waals surface area contributed by atoms with Gasteiger partial charge in [-0.25, -0.2) is 14.2 Å². The van der Waals surface area contributed by atoms with Crippen molar-refractivity contribution >= 4 is 23.5 Å². The highest BCUT2D eigenvalue weighted by Crippen LogP contribution is 2.40. The van der Waals surface area contributed by atoms with Gasteiger partial charge in [-0.3, -0.25) is 4.79 Å². The van der Waals surface area contributed by atoms with E-state index in [1.54, 1.807) is 19.1 Å². The number of H-pyrrole nitrogens is 1. The standard InChI is InChI=1S/C22H24FN3O3S/c1-5-9-29-21(28)16-13(4)24-19-18(17(16)14-7-6-8-15(23)10-14)20(27)26-22(25-19)30-11-12(2)3/h5-8,10,12,17H,1,9,11H2,2-4H3,(H2,24,25,26,27)/t17-/m0/s1. The molecule has 2 heterocycles. The van der Waals surface area contributed by atoms with Gasteiger partial charge in [0.25, 0.3) is 5.56 Å². The third-order valence-electron chi connectivity index (χ3n) is 4.51. The number of aromatic nitrogens is 2. The van der Waals surface area contributed by atoms with Crippen molar-refractivity contribution in [2.24, 2.45) is 5.92 Å². The Bertz CT molecular complexity index is 1060. The van der Waals surface area contributed by atoms with Crippen molar-refractivity contribution in [1.29, 1.82) is 0 Å². The Balaban J connectivity index is 2.15. The lowest BCUT2D eigenvalue weighted by Gasteiger charge is -2.28. The summed E-state index contributed by atoms with van der Waals surface area (Å²) < 4.78 is 19.2. The highest BCUT2D eigenvalue weighted by molar-refractivity contribution is 7.99. The molecule has 0 fully saturated rings. The lowest BCUT2D eigenvalue weighted by atomic mass is 9.82. The Morgan fingerprint density at radius 3 is 2.87 bits per heavy atom. The molecule has 1 aromatic carbocycles. The molecule has 0 spiro atoms. The van der Waals surface area contributed by atoms with Crippen molar-refractivity contribution < 1.29 is 13.9 Å². The van der Waals surface area contributed by atoms with Crippen LogP contribution in [0.15, 0.2) is 58.1 Å². The molecule has 0 saturated heterocycles. The maximum Gasteiger partial charge on any atom is 0.337 e. The second-order valence-electron chi connectivity index (χ2n) is 7.38. The minimum atomic E-state index is -0.810. The van der Waals surface area contributed by atoms with Crippen LogP contribution in [0.1, 0.15) is 37.8 Å². The smallest absolute Gasteiger partial charge is 0.337 e. The number of nitrogens with one attached hydrogen (secondary N) is 2. The number of aromatic amines is 1. The molecule has 8 heteroatoms. The zero-order valence-corrected chi connectivity index (χ0v) is 17.9. The van der Waals surface area contributed by atoms with Crippen LogP contribution < -0.4 is 10.9 Å². The van der Waals surface area contributed by atoms with E-state index in [9.17, 15) is 14.0 Å². The fourth-order valence-corrected chi connectivity index (χ4v) is 4.06. The monoisotopic (exact) mass is 429 g/mol. The van der Waals surface area contributed by atoms with Crippen LogP contribution in [0.3, 0.4) is 0 Å². The number of benzene rings is 1. The highest BCUT2D eigenvalue weighted by atomic mass is 32.2. The summed E-state index contributed by atoms with van der Waals surface area (Å²) in [6, 6.07) is 5.85. The molecule has 1 aliphatic heterocycles. The number of fused-ring (bicyclic) bond motifs is 1. The van der Waals surface area contributed by atoms with Crippen molar-refractivity contribution in [3.05, 3.63) is 75.5 Å². The number of ether oxygens (including phenoxy) is 1. The second kappa shape index (κ2) is 9.30. The topological polar surface area (TPSA) is 84.1 Å². The van der Waals surface area contributed by atoms with E-state index in [4.69, 9.17) is 4.74 Å². The van der Waals surface area contributed by atoms with Crippen LogP contribution in [0.4, 0.5) is 10.2 Å². The van der Waals surface area contributed by atoms with Crippen LogP contribution in [0.2, 0.25) is 0 Å². The van der Waals surface area contributed by atoms with Crippen LogP contribution in [0, 0.1) is 11.7 Å². The number of hydrogen-bond donors (Lipinski definition) is 2. The number of allylic oxidation sites excluding steroid dienone is 1. The number of carbonyl (C=O) groups excluding carboxylic acids is 1. The summed E-state index contributed by atoms with van der Waals surface area (Å²) >= 11 is 1.45. The Morgan fingerprint density at radius 2 is 2.20 bits per heavy atom. The summed E-state index contributed by atoms with van der Waals surface area (Å²) in [6.45, 7) is 9.44. The van der Waals surface area contributed by atoms with E-state index in [2.05, 4.69) is 35.7 Å². The maximum atomic E-state index is 14.0. The SMILES string of the molecule is C=CCOC(=O)C1=C(C)Nc2nc(SCC(C)C)[nH]c(=O)c2[C@H]1c1cccc(F)c1. The first-order valence-electron chi connectivity index (χ1n) is 9.60. The Morgan fingerprint density at radius 1 is 1.43 bits per heavy atom. The van der Waals surface area contributed by atoms with E-state index in [-0.39, 0.29) is 23.3 Å². The molecular weight excluding hydrogens is 405 g/mol. The normalized spacial score (nSPS) is 15.6. The van der Waals surface area contributed by atoms with Gasteiger partial charge >= 0.3 is 5.97 Å². The van der Waals surface area contributed by atoms with E-state index >= 15 is 0 Å². The lowest BCUT2D eigenvalue weighted by molar-refractivity contribution is -0.138. The van der Waals surface area contributed by atoms with Crippen molar-refractivity contribution in [3.8, 4) is 0 Å². The molecule has 0 radical (unpaired) electrons. The molecule has 1 atom stereocenters. The molecule has 1 aliphatic rings. The van der Waals surface area contributed by atoms with Gasteiger partial charge in [0, 0.05) is 11.4 Å². The zero-order valence-electron chi connectivity index (χ0n) is 17.1. The number of halogens is 1. The predicted molar refractivity (Wildman–Crippen MR) is 116 cm³/mol. The second-order valence-corrected chi connectivity index (χ2v) is 8.39. The van der Waals surface area contributed by atoms with Gasteiger partial charge in [0.1, 0.15) is 18.2 Å². The third kappa shape index (κ3) is 4.64. The quantitative estimate of drug-likeness (QED) is 0.297. The number of thioether (sulfide) groups is 1. The number of anilines is 1. The van der Waals surface area contributed by atoms with Crippen LogP contribution in [-0.2, 0) is 9.53 Å². The van der Waals surface area contributed by atoms with Gasteiger partial charge < -0.3 is 15.0 Å². The first kappa shape index (κ1) is 21.8. The Hall–Kier alpha value is -2.87. The summed E-state index contributed by atoms with van der Waals surface area (Å²) in [7, 11) is 0. The number of carbonyl (C=O) groups is 1. The van der Waals surface area contributed by atoms with Gasteiger partial charge in [0.15, 0.2) is 5.16 Å². The predicted octanol–water partition coefficient (Wildman–Crippen LogP) is 4.22. The fraction of sp³-hybridized carbons (Fsp3) is 0.318.